The van der Waals surface area contributed by atoms with Crippen LogP contribution in [0.4, 0.5) is 5.69 Å². The lowest BCUT2D eigenvalue weighted by atomic mass is 10.1. The van der Waals surface area contributed by atoms with Crippen LogP contribution in [0.5, 0.6) is 0 Å². The van der Waals surface area contributed by atoms with Crippen molar-refractivity contribution in [1.29, 1.82) is 0 Å². The highest BCUT2D eigenvalue weighted by molar-refractivity contribution is 7.99. The molecule has 0 saturated carbocycles. The van der Waals surface area contributed by atoms with Crippen molar-refractivity contribution in [2.45, 2.75) is 25.0 Å². The van der Waals surface area contributed by atoms with Gasteiger partial charge in [0, 0.05) is 35.5 Å². The van der Waals surface area contributed by atoms with Crippen LogP contribution in [-0.4, -0.2) is 28.0 Å². The van der Waals surface area contributed by atoms with Gasteiger partial charge in [-0.2, -0.15) is 0 Å². The molecule has 1 atom stereocenters. The second kappa shape index (κ2) is 8.75. The number of rotatable bonds is 6. The summed E-state index contributed by atoms with van der Waals surface area (Å²) in [7, 11) is 0. The standard InChI is InChI=1S/C23H23N3O3S/c1-15(2)13-29-23(28)17-6-3-5-16(11-17)21(27)25-19-8-10-26-20(19)14-30-22(26)18-7-4-9-24-12-18/h3-12,15,22H,13-14H2,1-2H3,(H,25,27). The number of nitrogens with zero attached hydrogens (tertiary/aromatic N) is 2. The Morgan fingerprint density at radius 3 is 2.83 bits per heavy atom. The summed E-state index contributed by atoms with van der Waals surface area (Å²) < 4.78 is 7.43. The van der Waals surface area contributed by atoms with Crippen molar-refractivity contribution in [1.82, 2.24) is 9.55 Å². The Bertz CT molecular complexity index is 1060. The van der Waals surface area contributed by atoms with Crippen LogP contribution in [0.3, 0.4) is 0 Å². The van der Waals surface area contributed by atoms with Crippen molar-refractivity contribution in [3.05, 3.63) is 83.4 Å². The number of aromatic nitrogens is 2. The van der Waals surface area contributed by atoms with Crippen LogP contribution >= 0.6 is 11.8 Å². The molecule has 1 N–H and O–H groups in total. The number of hydrogen-bond donors (Lipinski definition) is 1. The summed E-state index contributed by atoms with van der Waals surface area (Å²) in [5.74, 6) is 0.380. The second-order valence-corrected chi connectivity index (χ2v) is 8.63. The van der Waals surface area contributed by atoms with E-state index in [2.05, 4.69) is 20.9 Å². The molecule has 0 fully saturated rings. The number of benzene rings is 1. The summed E-state index contributed by atoms with van der Waals surface area (Å²) in [6.07, 6.45) is 5.62. The third kappa shape index (κ3) is 4.26. The first-order valence-electron chi connectivity index (χ1n) is 9.82. The van der Waals surface area contributed by atoms with E-state index in [0.717, 1.165) is 22.7 Å². The molecule has 1 unspecified atom stereocenters. The Morgan fingerprint density at radius 2 is 2.07 bits per heavy atom. The van der Waals surface area contributed by atoms with Crippen molar-refractivity contribution in [2.24, 2.45) is 5.92 Å². The molecule has 4 rings (SSSR count). The molecule has 2 aromatic heterocycles. The number of pyridine rings is 1. The molecular formula is C23H23N3O3S. The lowest BCUT2D eigenvalue weighted by Crippen LogP contribution is -2.15. The summed E-state index contributed by atoms with van der Waals surface area (Å²) in [4.78, 5) is 29.2. The third-order valence-corrected chi connectivity index (χ3v) is 6.04. The minimum Gasteiger partial charge on any atom is -0.462 e. The molecule has 1 aliphatic rings. The number of amides is 1. The highest BCUT2D eigenvalue weighted by atomic mass is 32.2. The topological polar surface area (TPSA) is 73.2 Å². The summed E-state index contributed by atoms with van der Waals surface area (Å²) in [6.45, 7) is 4.30. The van der Waals surface area contributed by atoms with Crippen molar-refractivity contribution in [3.63, 3.8) is 0 Å². The van der Waals surface area contributed by atoms with Crippen LogP contribution in [0, 0.1) is 5.92 Å². The third-order valence-electron chi connectivity index (χ3n) is 4.78. The number of carbonyl (C=O) groups excluding carboxylic acids is 2. The molecule has 30 heavy (non-hydrogen) atoms. The fourth-order valence-corrected chi connectivity index (χ4v) is 4.60. The first kappa shape index (κ1) is 20.2. The van der Waals surface area contributed by atoms with E-state index in [1.807, 2.05) is 38.4 Å². The second-order valence-electron chi connectivity index (χ2n) is 7.56. The van der Waals surface area contributed by atoms with E-state index in [1.54, 1.807) is 42.2 Å². The molecule has 1 aliphatic heterocycles. The molecule has 154 valence electrons. The molecule has 0 spiro atoms. The number of thioether (sulfide) groups is 1. The van der Waals surface area contributed by atoms with Gasteiger partial charge in [-0.25, -0.2) is 4.79 Å². The number of carbonyl (C=O) groups is 2. The van der Waals surface area contributed by atoms with Gasteiger partial charge in [0.15, 0.2) is 0 Å². The molecule has 3 aromatic rings. The maximum absolute atomic E-state index is 12.8. The number of fused-ring (bicyclic) bond motifs is 1. The number of nitrogens with one attached hydrogen (secondary N) is 1. The first-order valence-corrected chi connectivity index (χ1v) is 10.9. The molecule has 1 amide bonds. The Morgan fingerprint density at radius 1 is 1.23 bits per heavy atom. The Balaban J connectivity index is 1.48. The van der Waals surface area contributed by atoms with Gasteiger partial charge in [-0.3, -0.25) is 9.78 Å². The van der Waals surface area contributed by atoms with E-state index in [1.165, 1.54) is 0 Å². The average molecular weight is 422 g/mol. The Hall–Kier alpha value is -3.06. The van der Waals surface area contributed by atoms with E-state index < -0.39 is 5.97 Å². The molecule has 7 heteroatoms. The van der Waals surface area contributed by atoms with E-state index in [4.69, 9.17) is 4.74 Å². The quantitative estimate of drug-likeness (QED) is 0.582. The SMILES string of the molecule is CC(C)COC(=O)c1cccc(C(=O)Nc2ccn3c2CSC3c2cccnc2)c1. The molecular weight excluding hydrogens is 398 g/mol. The van der Waals surface area contributed by atoms with E-state index in [0.29, 0.717) is 17.7 Å². The van der Waals surface area contributed by atoms with Crippen LogP contribution in [0.1, 0.15) is 51.2 Å². The fourth-order valence-electron chi connectivity index (χ4n) is 3.29. The Kier molecular flexibility index (Phi) is 5.90. The van der Waals surface area contributed by atoms with Gasteiger partial charge in [-0.15, -0.1) is 11.8 Å². The lowest BCUT2D eigenvalue weighted by molar-refractivity contribution is 0.0459. The molecule has 3 heterocycles. The lowest BCUT2D eigenvalue weighted by Gasteiger charge is -2.12. The minimum absolute atomic E-state index is 0.151. The van der Waals surface area contributed by atoms with Crippen LogP contribution in [-0.2, 0) is 10.5 Å². The number of esters is 1. The van der Waals surface area contributed by atoms with Crippen molar-refractivity contribution in [2.75, 3.05) is 11.9 Å². The van der Waals surface area contributed by atoms with Crippen molar-refractivity contribution < 1.29 is 14.3 Å². The summed E-state index contributed by atoms with van der Waals surface area (Å²) in [5, 5.41) is 3.14. The number of hydrogen-bond acceptors (Lipinski definition) is 5. The van der Waals surface area contributed by atoms with E-state index in [-0.39, 0.29) is 17.2 Å². The highest BCUT2D eigenvalue weighted by Gasteiger charge is 2.27. The van der Waals surface area contributed by atoms with Crippen LogP contribution in [0.15, 0.2) is 61.1 Å². The maximum atomic E-state index is 12.8. The van der Waals surface area contributed by atoms with Gasteiger partial charge in [0.25, 0.3) is 5.91 Å². The zero-order chi connectivity index (χ0) is 21.1. The van der Waals surface area contributed by atoms with Crippen molar-refractivity contribution in [3.8, 4) is 0 Å². The van der Waals surface area contributed by atoms with Crippen LogP contribution in [0.25, 0.3) is 0 Å². The average Bonchev–Trinajstić information content (AvgIpc) is 3.35. The fraction of sp³-hybridized carbons (Fsp3) is 0.261. The largest absolute Gasteiger partial charge is 0.462 e. The minimum atomic E-state index is -0.418. The van der Waals surface area contributed by atoms with Crippen LogP contribution in [0.2, 0.25) is 0 Å². The van der Waals surface area contributed by atoms with Crippen molar-refractivity contribution >= 4 is 29.3 Å². The zero-order valence-corrected chi connectivity index (χ0v) is 17.7. The molecule has 0 saturated heterocycles. The predicted octanol–water partition coefficient (Wildman–Crippen LogP) is 4.74. The van der Waals surface area contributed by atoms with Gasteiger partial charge in [0.05, 0.1) is 23.6 Å². The summed E-state index contributed by atoms with van der Waals surface area (Å²) in [6, 6.07) is 12.5. The molecule has 0 aliphatic carbocycles. The van der Waals surface area contributed by atoms with Crippen LogP contribution < -0.4 is 5.32 Å². The van der Waals surface area contributed by atoms with E-state index >= 15 is 0 Å². The monoisotopic (exact) mass is 421 g/mol. The normalized spacial score (nSPS) is 15.1. The summed E-state index contributed by atoms with van der Waals surface area (Å²) >= 11 is 1.79. The number of ether oxygens (including phenoxy) is 1. The van der Waals surface area contributed by atoms with Gasteiger partial charge in [0.2, 0.25) is 0 Å². The first-order chi connectivity index (χ1) is 14.5. The highest BCUT2D eigenvalue weighted by Crippen LogP contribution is 2.43. The predicted molar refractivity (Wildman–Crippen MR) is 118 cm³/mol. The smallest absolute Gasteiger partial charge is 0.338 e. The van der Waals surface area contributed by atoms with Gasteiger partial charge in [0.1, 0.15) is 5.37 Å². The number of anilines is 1. The van der Waals surface area contributed by atoms with Gasteiger partial charge >= 0.3 is 5.97 Å². The molecule has 0 radical (unpaired) electrons. The molecule has 1 aromatic carbocycles. The van der Waals surface area contributed by atoms with Gasteiger partial charge < -0.3 is 14.6 Å². The maximum Gasteiger partial charge on any atom is 0.338 e. The van der Waals surface area contributed by atoms with E-state index in [9.17, 15) is 9.59 Å². The molecule has 0 bridgehead atoms. The Labute approximate surface area is 179 Å². The summed E-state index contributed by atoms with van der Waals surface area (Å²) in [5.41, 5.74) is 3.77. The molecule has 6 nitrogen and oxygen atoms in total. The zero-order valence-electron chi connectivity index (χ0n) is 16.9. The van der Waals surface area contributed by atoms with Gasteiger partial charge in [-0.1, -0.05) is 26.0 Å². The van der Waals surface area contributed by atoms with Gasteiger partial charge in [-0.05, 0) is 36.2 Å².